The highest BCUT2D eigenvalue weighted by atomic mass is 32.2. The first-order valence-corrected chi connectivity index (χ1v) is 12.2. The van der Waals surface area contributed by atoms with E-state index in [1.54, 1.807) is 17.9 Å². The first-order chi connectivity index (χ1) is 14.6. The number of carbonyl (C=O) groups excluding carboxylic acids is 1. The molecule has 1 amide bonds. The molecule has 1 saturated heterocycles. The number of piperazine rings is 1. The lowest BCUT2D eigenvalue weighted by Crippen LogP contribution is -2.50. The first kappa shape index (κ1) is 21.7. The van der Waals surface area contributed by atoms with Crippen molar-refractivity contribution in [3.05, 3.63) is 45.7 Å². The van der Waals surface area contributed by atoms with Gasteiger partial charge in [0.15, 0.2) is 0 Å². The van der Waals surface area contributed by atoms with Gasteiger partial charge in [-0.3, -0.25) is 4.79 Å². The Balaban J connectivity index is 1.55. The summed E-state index contributed by atoms with van der Waals surface area (Å²) in [6.07, 6.45) is 0. The molecule has 0 unspecified atom stereocenters. The van der Waals surface area contributed by atoms with Gasteiger partial charge in [0.05, 0.1) is 4.88 Å². The molecule has 1 aromatic carbocycles. The van der Waals surface area contributed by atoms with Crippen molar-refractivity contribution in [3.63, 3.8) is 0 Å². The number of aryl methyl sites for hydroxylation is 4. The molecule has 10 heteroatoms. The van der Waals surface area contributed by atoms with Crippen LogP contribution in [0.2, 0.25) is 0 Å². The van der Waals surface area contributed by atoms with Crippen molar-refractivity contribution in [2.45, 2.75) is 32.6 Å². The molecule has 3 heterocycles. The molecule has 1 N–H and O–H groups in total. The van der Waals surface area contributed by atoms with Crippen LogP contribution in [-0.4, -0.2) is 64.8 Å². The normalized spacial score (nSPS) is 15.5. The van der Waals surface area contributed by atoms with E-state index in [0.717, 1.165) is 27.0 Å². The van der Waals surface area contributed by atoms with E-state index in [-0.39, 0.29) is 42.7 Å². The Hall–Kier alpha value is -2.56. The summed E-state index contributed by atoms with van der Waals surface area (Å²) in [4.78, 5) is 25.0. The highest BCUT2D eigenvalue weighted by Crippen LogP contribution is 2.33. The van der Waals surface area contributed by atoms with Crippen molar-refractivity contribution in [2.75, 3.05) is 26.2 Å². The van der Waals surface area contributed by atoms with Gasteiger partial charge in [-0.05, 0) is 51.0 Å². The quantitative estimate of drug-likeness (QED) is 0.645. The lowest BCUT2D eigenvalue weighted by Gasteiger charge is -2.34. The zero-order valence-electron chi connectivity index (χ0n) is 17.8. The predicted octanol–water partition coefficient (Wildman–Crippen LogP) is 2.78. The third kappa shape index (κ3) is 3.79. The van der Waals surface area contributed by atoms with Crippen molar-refractivity contribution in [3.8, 4) is 5.75 Å². The van der Waals surface area contributed by atoms with Crippen LogP contribution < -0.4 is 0 Å². The molecular weight excluding hydrogens is 436 g/mol. The van der Waals surface area contributed by atoms with E-state index in [4.69, 9.17) is 0 Å². The van der Waals surface area contributed by atoms with Crippen LogP contribution in [0.25, 0.3) is 10.2 Å². The highest BCUT2D eigenvalue weighted by molar-refractivity contribution is 7.89. The molecule has 0 radical (unpaired) electrons. The van der Waals surface area contributed by atoms with Crippen LogP contribution in [0.3, 0.4) is 0 Å². The number of hydrogen-bond acceptors (Lipinski definition) is 7. The molecule has 4 rings (SSSR count). The summed E-state index contributed by atoms with van der Waals surface area (Å²) in [7, 11) is -3.84. The summed E-state index contributed by atoms with van der Waals surface area (Å²) < 4.78 is 27.3. The Bertz CT molecular complexity index is 1290. The van der Waals surface area contributed by atoms with E-state index in [2.05, 4.69) is 9.97 Å². The van der Waals surface area contributed by atoms with Crippen molar-refractivity contribution < 1.29 is 18.3 Å². The van der Waals surface area contributed by atoms with Gasteiger partial charge in [-0.25, -0.2) is 18.4 Å². The standard InChI is InChI=1S/C21H24N4O4S2/c1-12-5-6-16(26)17(11-12)31(28,29)25-9-7-24(8-10-25)21(27)19-13(2)18-14(3)22-15(4)23-20(18)30-19/h5-6,11,26H,7-10H2,1-4H3. The lowest BCUT2D eigenvalue weighted by molar-refractivity contribution is 0.0702. The minimum absolute atomic E-state index is 0.1000. The topological polar surface area (TPSA) is 104 Å². The van der Waals surface area contributed by atoms with Crippen molar-refractivity contribution in [1.82, 2.24) is 19.2 Å². The first-order valence-electron chi connectivity index (χ1n) is 9.93. The number of rotatable bonds is 3. The van der Waals surface area contributed by atoms with E-state index in [1.165, 1.54) is 27.8 Å². The minimum atomic E-state index is -3.84. The van der Waals surface area contributed by atoms with Gasteiger partial charge in [-0.2, -0.15) is 4.31 Å². The molecule has 0 spiro atoms. The number of aromatic nitrogens is 2. The molecule has 2 aromatic heterocycles. The van der Waals surface area contributed by atoms with Gasteiger partial charge in [0.2, 0.25) is 10.0 Å². The fourth-order valence-electron chi connectivity index (χ4n) is 3.92. The molecule has 0 bridgehead atoms. The summed E-state index contributed by atoms with van der Waals surface area (Å²) in [5, 5.41) is 11.0. The van der Waals surface area contributed by atoms with E-state index < -0.39 is 10.0 Å². The highest BCUT2D eigenvalue weighted by Gasteiger charge is 2.33. The van der Waals surface area contributed by atoms with Gasteiger partial charge >= 0.3 is 0 Å². The Labute approximate surface area is 185 Å². The molecule has 0 saturated carbocycles. The number of phenols is 1. The number of phenolic OH excluding ortho intramolecular Hbond substituents is 1. The third-order valence-electron chi connectivity index (χ3n) is 5.54. The summed E-state index contributed by atoms with van der Waals surface area (Å²) in [6, 6.07) is 4.51. The average Bonchev–Trinajstić information content (AvgIpc) is 3.05. The monoisotopic (exact) mass is 460 g/mol. The zero-order valence-corrected chi connectivity index (χ0v) is 19.5. The zero-order chi connectivity index (χ0) is 22.5. The van der Waals surface area contributed by atoms with Crippen LogP contribution in [-0.2, 0) is 10.0 Å². The smallest absolute Gasteiger partial charge is 0.264 e. The number of hydrogen-bond donors (Lipinski definition) is 1. The van der Waals surface area contributed by atoms with Crippen LogP contribution >= 0.6 is 11.3 Å². The fraction of sp³-hybridized carbons (Fsp3) is 0.381. The van der Waals surface area contributed by atoms with Crippen LogP contribution in [0.5, 0.6) is 5.75 Å². The van der Waals surface area contributed by atoms with Crippen molar-refractivity contribution in [1.29, 1.82) is 0 Å². The van der Waals surface area contributed by atoms with Gasteiger partial charge in [0, 0.05) is 37.3 Å². The second-order valence-corrected chi connectivity index (χ2v) is 10.7. The molecule has 31 heavy (non-hydrogen) atoms. The maximum Gasteiger partial charge on any atom is 0.264 e. The van der Waals surface area contributed by atoms with Gasteiger partial charge in [0.1, 0.15) is 21.3 Å². The number of fused-ring (bicyclic) bond motifs is 1. The Morgan fingerprint density at radius 3 is 2.42 bits per heavy atom. The van der Waals surface area contributed by atoms with Crippen molar-refractivity contribution in [2.24, 2.45) is 0 Å². The molecule has 164 valence electrons. The van der Waals surface area contributed by atoms with Crippen LogP contribution in [0.1, 0.15) is 32.3 Å². The van der Waals surface area contributed by atoms with Crippen LogP contribution in [0, 0.1) is 27.7 Å². The SMILES string of the molecule is Cc1ccc(O)c(S(=O)(=O)N2CCN(C(=O)c3sc4nc(C)nc(C)c4c3C)CC2)c1. The van der Waals surface area contributed by atoms with Crippen molar-refractivity contribution >= 4 is 37.5 Å². The third-order valence-corrected chi connectivity index (χ3v) is 8.64. The Morgan fingerprint density at radius 2 is 1.74 bits per heavy atom. The van der Waals surface area contributed by atoms with Crippen LogP contribution in [0.15, 0.2) is 23.1 Å². The maximum absolute atomic E-state index is 13.2. The molecule has 0 atom stereocenters. The predicted molar refractivity (Wildman–Crippen MR) is 119 cm³/mol. The molecule has 0 aliphatic carbocycles. The number of carbonyl (C=O) groups is 1. The molecule has 1 aliphatic heterocycles. The van der Waals surface area contributed by atoms with E-state index in [0.29, 0.717) is 10.7 Å². The molecule has 1 aliphatic rings. The van der Waals surface area contributed by atoms with Crippen LogP contribution in [0.4, 0.5) is 0 Å². The molecule has 3 aromatic rings. The van der Waals surface area contributed by atoms with Gasteiger partial charge < -0.3 is 10.0 Å². The summed E-state index contributed by atoms with van der Waals surface area (Å²) in [6.45, 7) is 8.32. The summed E-state index contributed by atoms with van der Waals surface area (Å²) in [5.74, 6) is 0.285. The number of sulfonamides is 1. The number of nitrogens with zero attached hydrogens (tertiary/aromatic N) is 4. The van der Waals surface area contributed by atoms with E-state index in [9.17, 15) is 18.3 Å². The van der Waals surface area contributed by atoms with Gasteiger partial charge in [0.25, 0.3) is 5.91 Å². The van der Waals surface area contributed by atoms with E-state index in [1.807, 2.05) is 20.8 Å². The minimum Gasteiger partial charge on any atom is -0.507 e. The fourth-order valence-corrected chi connectivity index (χ4v) is 6.75. The Kier molecular flexibility index (Phi) is 5.48. The average molecular weight is 461 g/mol. The molecule has 1 fully saturated rings. The van der Waals surface area contributed by atoms with Gasteiger partial charge in [-0.15, -0.1) is 11.3 Å². The largest absolute Gasteiger partial charge is 0.507 e. The number of thiophene rings is 1. The molecular formula is C21H24N4O4S2. The summed E-state index contributed by atoms with van der Waals surface area (Å²) >= 11 is 1.35. The van der Waals surface area contributed by atoms with E-state index >= 15 is 0 Å². The summed E-state index contributed by atoms with van der Waals surface area (Å²) in [5.41, 5.74) is 2.46. The Morgan fingerprint density at radius 1 is 1.06 bits per heavy atom. The number of aromatic hydroxyl groups is 1. The molecule has 8 nitrogen and oxygen atoms in total. The lowest BCUT2D eigenvalue weighted by atomic mass is 10.1. The second kappa shape index (κ2) is 7.85. The number of amides is 1. The maximum atomic E-state index is 13.2. The number of benzene rings is 1. The van der Waals surface area contributed by atoms with Gasteiger partial charge in [-0.1, -0.05) is 6.07 Å². The second-order valence-electron chi connectivity index (χ2n) is 7.76.